The number of nitrogens with one attached hydrogen (secondary N) is 1. The third-order valence-corrected chi connectivity index (χ3v) is 3.65. The van der Waals surface area contributed by atoms with Crippen LogP contribution in [0.1, 0.15) is 39.5 Å². The summed E-state index contributed by atoms with van der Waals surface area (Å²) in [4.78, 5) is 11.1. The van der Waals surface area contributed by atoms with Crippen molar-refractivity contribution in [2.45, 2.75) is 45.1 Å². The molecule has 2 heteroatoms. The molecule has 0 saturated heterocycles. The van der Waals surface area contributed by atoms with E-state index in [-0.39, 0.29) is 11.4 Å². The molecule has 2 nitrogen and oxygen atoms in total. The van der Waals surface area contributed by atoms with Crippen molar-refractivity contribution in [3.63, 3.8) is 0 Å². The van der Waals surface area contributed by atoms with Crippen molar-refractivity contribution in [1.29, 1.82) is 0 Å². The van der Waals surface area contributed by atoms with Gasteiger partial charge in [-0.15, -0.1) is 0 Å². The number of hydrogen-bond donors (Lipinski definition) is 1. The van der Waals surface area contributed by atoms with E-state index in [9.17, 15) is 4.79 Å². The molecule has 2 aliphatic carbocycles. The summed E-state index contributed by atoms with van der Waals surface area (Å²) in [6, 6.07) is 0. The average molecular weight is 193 g/mol. The van der Waals surface area contributed by atoms with Crippen molar-refractivity contribution >= 4 is 5.91 Å². The molecule has 14 heavy (non-hydrogen) atoms. The SMILES string of the molecule is CC(=O)N[C@]1(C)CC[C@@H]2C=CC[C@@H]2C1. The summed E-state index contributed by atoms with van der Waals surface area (Å²) in [6.45, 7) is 3.80. The van der Waals surface area contributed by atoms with E-state index in [4.69, 9.17) is 0 Å². The molecule has 2 rings (SSSR count). The van der Waals surface area contributed by atoms with Crippen LogP contribution >= 0.6 is 0 Å². The molecule has 0 radical (unpaired) electrons. The largest absolute Gasteiger partial charge is 0.351 e. The first-order valence-corrected chi connectivity index (χ1v) is 5.54. The van der Waals surface area contributed by atoms with Gasteiger partial charge >= 0.3 is 0 Å². The van der Waals surface area contributed by atoms with Gasteiger partial charge in [-0.2, -0.15) is 0 Å². The Morgan fingerprint density at radius 3 is 3.07 bits per heavy atom. The van der Waals surface area contributed by atoms with E-state index < -0.39 is 0 Å². The summed E-state index contributed by atoms with van der Waals surface area (Å²) in [6.07, 6.45) is 9.37. The van der Waals surface area contributed by atoms with Crippen LogP contribution in [0.5, 0.6) is 0 Å². The second-order valence-corrected chi connectivity index (χ2v) is 5.07. The molecule has 0 aromatic rings. The molecular weight excluding hydrogens is 174 g/mol. The molecule has 0 aliphatic heterocycles. The molecule has 2 aliphatic rings. The first-order chi connectivity index (χ1) is 6.59. The Balaban J connectivity index is 2.00. The smallest absolute Gasteiger partial charge is 0.217 e. The van der Waals surface area contributed by atoms with Crippen molar-refractivity contribution in [2.24, 2.45) is 11.8 Å². The van der Waals surface area contributed by atoms with Crippen LogP contribution < -0.4 is 5.32 Å². The zero-order valence-corrected chi connectivity index (χ0v) is 9.05. The van der Waals surface area contributed by atoms with Crippen molar-refractivity contribution in [3.8, 4) is 0 Å². The van der Waals surface area contributed by atoms with E-state index in [0.29, 0.717) is 0 Å². The Kier molecular flexibility index (Phi) is 2.38. The third-order valence-electron chi connectivity index (χ3n) is 3.65. The molecule has 3 atom stereocenters. The van der Waals surface area contributed by atoms with Gasteiger partial charge in [0, 0.05) is 12.5 Å². The summed E-state index contributed by atoms with van der Waals surface area (Å²) in [5.74, 6) is 1.68. The van der Waals surface area contributed by atoms with Crippen LogP contribution in [0, 0.1) is 11.8 Å². The highest BCUT2D eigenvalue weighted by molar-refractivity contribution is 5.73. The fourth-order valence-corrected chi connectivity index (χ4v) is 3.03. The second kappa shape index (κ2) is 3.41. The number of carbonyl (C=O) groups excluding carboxylic acids is 1. The molecule has 1 fully saturated rings. The van der Waals surface area contributed by atoms with E-state index in [1.807, 2.05) is 0 Å². The van der Waals surface area contributed by atoms with Gasteiger partial charge in [-0.1, -0.05) is 12.2 Å². The predicted octanol–water partition coefficient (Wildman–Crippen LogP) is 2.26. The molecule has 0 bridgehead atoms. The van der Waals surface area contributed by atoms with Crippen LogP contribution in [0.2, 0.25) is 0 Å². The maximum Gasteiger partial charge on any atom is 0.217 e. The first-order valence-electron chi connectivity index (χ1n) is 5.54. The average Bonchev–Trinajstić information content (AvgIpc) is 2.48. The Labute approximate surface area is 85.8 Å². The summed E-state index contributed by atoms with van der Waals surface area (Å²) >= 11 is 0. The Morgan fingerprint density at radius 2 is 2.36 bits per heavy atom. The summed E-state index contributed by atoms with van der Waals surface area (Å²) in [5, 5.41) is 3.10. The third kappa shape index (κ3) is 1.84. The fraction of sp³-hybridized carbons (Fsp3) is 0.750. The molecule has 1 N–H and O–H groups in total. The van der Waals surface area contributed by atoms with Crippen molar-refractivity contribution in [2.75, 3.05) is 0 Å². The van der Waals surface area contributed by atoms with Gasteiger partial charge in [0.1, 0.15) is 0 Å². The van der Waals surface area contributed by atoms with E-state index in [0.717, 1.165) is 24.7 Å². The lowest BCUT2D eigenvalue weighted by molar-refractivity contribution is -0.121. The van der Waals surface area contributed by atoms with Gasteiger partial charge in [-0.25, -0.2) is 0 Å². The second-order valence-electron chi connectivity index (χ2n) is 5.07. The van der Waals surface area contributed by atoms with Crippen LogP contribution in [0.4, 0.5) is 0 Å². The fourth-order valence-electron chi connectivity index (χ4n) is 3.03. The topological polar surface area (TPSA) is 29.1 Å². The number of allylic oxidation sites excluding steroid dienone is 2. The van der Waals surface area contributed by atoms with Crippen molar-refractivity contribution in [1.82, 2.24) is 5.32 Å². The minimum Gasteiger partial charge on any atom is -0.351 e. The lowest BCUT2D eigenvalue weighted by atomic mass is 9.72. The van der Waals surface area contributed by atoms with E-state index in [1.54, 1.807) is 6.92 Å². The molecule has 0 aromatic heterocycles. The van der Waals surface area contributed by atoms with Crippen LogP contribution in [-0.4, -0.2) is 11.4 Å². The van der Waals surface area contributed by atoms with Gasteiger partial charge in [0.15, 0.2) is 0 Å². The number of carbonyl (C=O) groups is 1. The quantitative estimate of drug-likeness (QED) is 0.636. The summed E-state index contributed by atoms with van der Waals surface area (Å²) < 4.78 is 0. The zero-order chi connectivity index (χ0) is 10.2. The maximum atomic E-state index is 11.1. The Hall–Kier alpha value is -0.790. The summed E-state index contributed by atoms with van der Waals surface area (Å²) in [5.41, 5.74) is 0.0546. The number of amides is 1. The molecule has 1 amide bonds. The summed E-state index contributed by atoms with van der Waals surface area (Å²) in [7, 11) is 0. The van der Waals surface area contributed by atoms with E-state index in [1.165, 1.54) is 12.8 Å². The standard InChI is InChI=1S/C12H19NO/c1-9(14)13-12(2)7-6-10-4-3-5-11(10)8-12/h3-4,10-11H,5-8H2,1-2H3,(H,13,14)/t10-,11+,12+/m0/s1. The van der Waals surface area contributed by atoms with Gasteiger partial charge < -0.3 is 5.32 Å². The minimum atomic E-state index is 0.0546. The van der Waals surface area contributed by atoms with E-state index in [2.05, 4.69) is 24.4 Å². The van der Waals surface area contributed by atoms with Crippen LogP contribution in [-0.2, 0) is 4.79 Å². The lowest BCUT2D eigenvalue weighted by Crippen LogP contribution is -2.49. The zero-order valence-electron chi connectivity index (χ0n) is 9.05. The predicted molar refractivity (Wildman–Crippen MR) is 56.8 cm³/mol. The van der Waals surface area contributed by atoms with Gasteiger partial charge in [-0.05, 0) is 44.4 Å². The van der Waals surface area contributed by atoms with Crippen LogP contribution in [0.25, 0.3) is 0 Å². The lowest BCUT2D eigenvalue weighted by Gasteiger charge is -2.40. The highest BCUT2D eigenvalue weighted by Crippen LogP contribution is 2.42. The van der Waals surface area contributed by atoms with E-state index >= 15 is 0 Å². The molecule has 78 valence electrons. The normalized spacial score (nSPS) is 40.7. The molecule has 0 heterocycles. The van der Waals surface area contributed by atoms with Crippen molar-refractivity contribution in [3.05, 3.63) is 12.2 Å². The highest BCUT2D eigenvalue weighted by Gasteiger charge is 2.38. The van der Waals surface area contributed by atoms with Gasteiger partial charge in [-0.3, -0.25) is 4.79 Å². The number of hydrogen-bond acceptors (Lipinski definition) is 1. The first kappa shape index (κ1) is 9.75. The number of fused-ring (bicyclic) bond motifs is 1. The van der Waals surface area contributed by atoms with Crippen LogP contribution in [0.15, 0.2) is 12.2 Å². The molecule has 0 spiro atoms. The Morgan fingerprint density at radius 1 is 1.57 bits per heavy atom. The highest BCUT2D eigenvalue weighted by atomic mass is 16.1. The Bertz CT molecular complexity index is 271. The van der Waals surface area contributed by atoms with Gasteiger partial charge in [0.25, 0.3) is 0 Å². The van der Waals surface area contributed by atoms with Gasteiger partial charge in [0.2, 0.25) is 5.91 Å². The minimum absolute atomic E-state index is 0.0546. The molecule has 1 saturated carbocycles. The molecule has 0 unspecified atom stereocenters. The van der Waals surface area contributed by atoms with Crippen LogP contribution in [0.3, 0.4) is 0 Å². The monoisotopic (exact) mass is 193 g/mol. The number of rotatable bonds is 1. The maximum absolute atomic E-state index is 11.1. The van der Waals surface area contributed by atoms with Gasteiger partial charge in [0.05, 0.1) is 0 Å². The molecular formula is C12H19NO. The van der Waals surface area contributed by atoms with Crippen molar-refractivity contribution < 1.29 is 4.79 Å². The molecule has 0 aromatic carbocycles.